The van der Waals surface area contributed by atoms with Crippen LogP contribution in [0.25, 0.3) is 0 Å². The SMILES string of the molecule is C[C@H]1Cc2cc(F)c(F)cc2N1C(=O)Cc1nc(N2CCOCC2)cc(=O)[nH]1. The molecule has 2 aliphatic rings. The lowest BCUT2D eigenvalue weighted by Crippen LogP contribution is -2.39. The van der Waals surface area contributed by atoms with Gasteiger partial charge in [-0.3, -0.25) is 9.59 Å². The van der Waals surface area contributed by atoms with E-state index in [0.717, 1.165) is 12.1 Å². The summed E-state index contributed by atoms with van der Waals surface area (Å²) < 4.78 is 32.5. The van der Waals surface area contributed by atoms with Gasteiger partial charge in [-0.15, -0.1) is 0 Å². The van der Waals surface area contributed by atoms with Gasteiger partial charge in [0.25, 0.3) is 5.56 Å². The summed E-state index contributed by atoms with van der Waals surface area (Å²) in [6.45, 7) is 4.14. The van der Waals surface area contributed by atoms with Gasteiger partial charge in [0.2, 0.25) is 5.91 Å². The average molecular weight is 390 g/mol. The predicted octanol–water partition coefficient (Wildman–Crippen LogP) is 1.40. The maximum Gasteiger partial charge on any atom is 0.252 e. The van der Waals surface area contributed by atoms with Crippen LogP contribution in [0.1, 0.15) is 18.3 Å². The molecule has 148 valence electrons. The fraction of sp³-hybridized carbons (Fsp3) is 0.421. The van der Waals surface area contributed by atoms with E-state index in [0.29, 0.717) is 49.8 Å². The first-order valence-electron chi connectivity index (χ1n) is 9.15. The van der Waals surface area contributed by atoms with Crippen LogP contribution in [0, 0.1) is 11.6 Å². The molecule has 28 heavy (non-hydrogen) atoms. The second-order valence-electron chi connectivity index (χ2n) is 7.04. The van der Waals surface area contributed by atoms with Crippen molar-refractivity contribution >= 4 is 17.4 Å². The van der Waals surface area contributed by atoms with Crippen LogP contribution in [0.3, 0.4) is 0 Å². The van der Waals surface area contributed by atoms with Gasteiger partial charge < -0.3 is 19.5 Å². The minimum atomic E-state index is -0.994. The van der Waals surface area contributed by atoms with Crippen LogP contribution in [0.5, 0.6) is 0 Å². The lowest BCUT2D eigenvalue weighted by molar-refractivity contribution is -0.118. The van der Waals surface area contributed by atoms with Crippen molar-refractivity contribution < 1.29 is 18.3 Å². The molecule has 0 bridgehead atoms. The second kappa shape index (κ2) is 7.31. The summed E-state index contributed by atoms with van der Waals surface area (Å²) in [7, 11) is 0. The van der Waals surface area contributed by atoms with Gasteiger partial charge in [-0.2, -0.15) is 0 Å². The number of rotatable bonds is 3. The molecule has 1 amide bonds. The number of aromatic amines is 1. The summed E-state index contributed by atoms with van der Waals surface area (Å²) in [5.74, 6) is -1.52. The van der Waals surface area contributed by atoms with E-state index < -0.39 is 11.6 Å². The predicted molar refractivity (Wildman–Crippen MR) is 98.6 cm³/mol. The molecule has 0 saturated carbocycles. The third-order valence-electron chi connectivity index (χ3n) is 5.04. The summed E-state index contributed by atoms with van der Waals surface area (Å²) in [4.78, 5) is 35.3. The molecule has 1 saturated heterocycles. The van der Waals surface area contributed by atoms with Gasteiger partial charge in [-0.05, 0) is 25.0 Å². The number of amides is 1. The first-order chi connectivity index (χ1) is 13.4. The minimum absolute atomic E-state index is 0.143. The van der Waals surface area contributed by atoms with E-state index in [1.54, 1.807) is 0 Å². The Labute approximate surface area is 159 Å². The number of fused-ring (bicyclic) bond motifs is 1. The number of halogens is 2. The Morgan fingerprint density at radius 2 is 1.96 bits per heavy atom. The number of carbonyl (C=O) groups is 1. The number of anilines is 2. The number of aromatic nitrogens is 2. The molecule has 1 aromatic heterocycles. The van der Waals surface area contributed by atoms with Crippen molar-refractivity contribution in [2.75, 3.05) is 36.1 Å². The number of morpholine rings is 1. The average Bonchev–Trinajstić information content (AvgIpc) is 2.97. The van der Waals surface area contributed by atoms with Crippen molar-refractivity contribution in [2.24, 2.45) is 0 Å². The highest BCUT2D eigenvalue weighted by molar-refractivity contribution is 5.97. The van der Waals surface area contributed by atoms with E-state index in [-0.39, 0.29) is 29.8 Å². The Morgan fingerprint density at radius 3 is 2.71 bits per heavy atom. The van der Waals surface area contributed by atoms with Gasteiger partial charge in [0.15, 0.2) is 11.6 Å². The molecule has 1 N–H and O–H groups in total. The molecule has 1 fully saturated rings. The van der Waals surface area contributed by atoms with Crippen LogP contribution in [0.4, 0.5) is 20.3 Å². The van der Waals surface area contributed by atoms with Gasteiger partial charge in [0.05, 0.1) is 25.3 Å². The first kappa shape index (κ1) is 18.5. The number of benzene rings is 1. The molecular weight excluding hydrogens is 370 g/mol. The van der Waals surface area contributed by atoms with E-state index in [1.165, 1.54) is 11.0 Å². The molecule has 0 aliphatic carbocycles. The molecule has 1 aromatic carbocycles. The number of hydrogen-bond acceptors (Lipinski definition) is 5. The van der Waals surface area contributed by atoms with E-state index in [4.69, 9.17) is 4.74 Å². The maximum absolute atomic E-state index is 13.7. The summed E-state index contributed by atoms with van der Waals surface area (Å²) in [5.41, 5.74) is 0.605. The Hall–Kier alpha value is -2.81. The summed E-state index contributed by atoms with van der Waals surface area (Å²) in [5, 5.41) is 0. The number of carbonyl (C=O) groups excluding carboxylic acids is 1. The van der Waals surface area contributed by atoms with Crippen LogP contribution in [-0.2, 0) is 22.4 Å². The summed E-state index contributed by atoms with van der Waals surface area (Å²) in [6.07, 6.45) is 0.298. The van der Waals surface area contributed by atoms with Crippen LogP contribution in [-0.4, -0.2) is 48.2 Å². The molecular formula is C19H20F2N4O3. The highest BCUT2D eigenvalue weighted by atomic mass is 19.2. The minimum Gasteiger partial charge on any atom is -0.378 e. The third kappa shape index (κ3) is 3.49. The zero-order valence-corrected chi connectivity index (χ0v) is 15.4. The highest BCUT2D eigenvalue weighted by Crippen LogP contribution is 2.34. The van der Waals surface area contributed by atoms with Crippen LogP contribution in [0.15, 0.2) is 23.0 Å². The van der Waals surface area contributed by atoms with Gasteiger partial charge in [-0.25, -0.2) is 13.8 Å². The normalized spacial score (nSPS) is 19.0. The number of hydrogen-bond donors (Lipinski definition) is 1. The van der Waals surface area contributed by atoms with E-state index >= 15 is 0 Å². The summed E-state index contributed by atoms with van der Waals surface area (Å²) >= 11 is 0. The van der Waals surface area contributed by atoms with E-state index in [9.17, 15) is 18.4 Å². The lowest BCUT2D eigenvalue weighted by Gasteiger charge is -2.28. The number of H-pyrrole nitrogens is 1. The van der Waals surface area contributed by atoms with Crippen molar-refractivity contribution in [1.82, 2.24) is 9.97 Å². The number of nitrogens with one attached hydrogen (secondary N) is 1. The standard InChI is InChI=1S/C19H20F2N4O3/c1-11-6-12-7-13(20)14(21)8-15(12)25(11)19(27)9-16-22-17(10-18(26)23-16)24-2-4-28-5-3-24/h7-8,10-11H,2-6,9H2,1H3,(H,22,23,26)/t11-/m0/s1. The molecule has 9 heteroatoms. The zero-order valence-electron chi connectivity index (χ0n) is 15.4. The van der Waals surface area contributed by atoms with Crippen LogP contribution < -0.4 is 15.4 Å². The zero-order chi connectivity index (χ0) is 19.8. The molecule has 1 atom stereocenters. The number of nitrogens with zero attached hydrogens (tertiary/aromatic N) is 3. The van der Waals surface area contributed by atoms with Crippen molar-refractivity contribution in [1.29, 1.82) is 0 Å². The third-order valence-corrected chi connectivity index (χ3v) is 5.04. The molecule has 2 aromatic rings. The van der Waals surface area contributed by atoms with Crippen molar-refractivity contribution in [3.63, 3.8) is 0 Å². The fourth-order valence-corrected chi connectivity index (χ4v) is 3.75. The topological polar surface area (TPSA) is 78.5 Å². The van der Waals surface area contributed by atoms with Gasteiger partial charge in [0.1, 0.15) is 11.6 Å². The molecule has 0 spiro atoms. The quantitative estimate of drug-likeness (QED) is 0.857. The molecule has 3 heterocycles. The van der Waals surface area contributed by atoms with E-state index in [1.807, 2.05) is 11.8 Å². The monoisotopic (exact) mass is 390 g/mol. The molecule has 4 rings (SSSR count). The Balaban J connectivity index is 1.58. The van der Waals surface area contributed by atoms with Crippen LogP contribution >= 0.6 is 0 Å². The summed E-state index contributed by atoms with van der Waals surface area (Å²) in [6, 6.07) is 3.34. The van der Waals surface area contributed by atoms with Crippen molar-refractivity contribution in [3.05, 3.63) is 51.6 Å². The Kier molecular flexibility index (Phi) is 4.84. The Bertz CT molecular complexity index is 972. The van der Waals surface area contributed by atoms with Gasteiger partial charge in [-0.1, -0.05) is 0 Å². The molecule has 7 nitrogen and oxygen atoms in total. The maximum atomic E-state index is 13.7. The first-order valence-corrected chi connectivity index (χ1v) is 9.15. The van der Waals surface area contributed by atoms with Crippen LogP contribution in [0.2, 0.25) is 0 Å². The van der Waals surface area contributed by atoms with Crippen molar-refractivity contribution in [2.45, 2.75) is 25.8 Å². The van der Waals surface area contributed by atoms with Gasteiger partial charge >= 0.3 is 0 Å². The Morgan fingerprint density at radius 1 is 1.25 bits per heavy atom. The largest absolute Gasteiger partial charge is 0.378 e. The van der Waals surface area contributed by atoms with E-state index in [2.05, 4.69) is 9.97 Å². The molecule has 2 aliphatic heterocycles. The van der Waals surface area contributed by atoms with Gasteiger partial charge in [0, 0.05) is 31.3 Å². The lowest BCUT2D eigenvalue weighted by atomic mass is 10.1. The number of ether oxygens (including phenoxy) is 1. The van der Waals surface area contributed by atoms with Crippen molar-refractivity contribution in [3.8, 4) is 0 Å². The highest BCUT2D eigenvalue weighted by Gasteiger charge is 2.32. The smallest absolute Gasteiger partial charge is 0.252 e. The second-order valence-corrected chi connectivity index (χ2v) is 7.04. The molecule has 0 radical (unpaired) electrons. The molecule has 0 unspecified atom stereocenters. The fourth-order valence-electron chi connectivity index (χ4n) is 3.75.